The Labute approximate surface area is 194 Å². The Morgan fingerprint density at radius 3 is 2.55 bits per heavy atom. The fourth-order valence-corrected chi connectivity index (χ4v) is 4.31. The summed E-state index contributed by atoms with van der Waals surface area (Å²) in [6, 6.07) is 17.0. The molecule has 4 aromatic rings. The molecule has 0 saturated heterocycles. The van der Waals surface area contributed by atoms with Crippen LogP contribution in [0.1, 0.15) is 21.6 Å². The van der Waals surface area contributed by atoms with Crippen molar-refractivity contribution >= 4 is 38.4 Å². The number of amides is 1. The summed E-state index contributed by atoms with van der Waals surface area (Å²) in [5.74, 6) is -0.878. The lowest BCUT2D eigenvalue weighted by atomic mass is 10.0. The lowest BCUT2D eigenvalue weighted by Gasteiger charge is -2.12. The van der Waals surface area contributed by atoms with Crippen LogP contribution in [0.2, 0.25) is 5.02 Å². The highest BCUT2D eigenvalue weighted by Gasteiger charge is 2.27. The number of H-pyrrole nitrogens is 1. The van der Waals surface area contributed by atoms with E-state index in [2.05, 4.69) is 11.1 Å². The molecule has 0 aliphatic rings. The Hall–Kier alpha value is -3.87. The van der Waals surface area contributed by atoms with Crippen LogP contribution in [0.15, 0.2) is 65.6 Å². The summed E-state index contributed by atoms with van der Waals surface area (Å²) in [6.07, 6.45) is 2.34. The van der Waals surface area contributed by atoms with Gasteiger partial charge >= 0.3 is 0 Å². The number of hydrogen-bond donors (Lipinski definition) is 2. The van der Waals surface area contributed by atoms with Crippen LogP contribution in [0.25, 0.3) is 22.0 Å². The van der Waals surface area contributed by atoms with E-state index in [0.29, 0.717) is 21.5 Å². The standard InChI is InChI=1S/C23H17ClN4O4S/c1-33(31,32)27-23(30)21-20(17-3-2-10-26-22(17)29)18-11-16(24)8-9-19(18)28(21)13-15-6-4-14(12-25)5-7-15/h2-11H,13H2,1H3,(H,26,29)(H,27,30). The first-order valence-electron chi connectivity index (χ1n) is 9.69. The average Bonchev–Trinajstić information content (AvgIpc) is 3.06. The third kappa shape index (κ3) is 4.53. The molecule has 0 aliphatic carbocycles. The summed E-state index contributed by atoms with van der Waals surface area (Å²) < 4.78 is 27.4. The normalized spacial score (nSPS) is 11.3. The first-order valence-corrected chi connectivity index (χ1v) is 12.0. The van der Waals surface area contributed by atoms with E-state index in [1.807, 2.05) is 4.72 Å². The second-order valence-corrected chi connectivity index (χ2v) is 9.58. The molecule has 166 valence electrons. The highest BCUT2D eigenvalue weighted by atomic mass is 35.5. The number of sulfonamides is 1. The Kier molecular flexibility index (Phi) is 5.80. The van der Waals surface area contributed by atoms with Crippen molar-refractivity contribution < 1.29 is 13.2 Å². The number of carbonyl (C=O) groups is 1. The van der Waals surface area contributed by atoms with Gasteiger partial charge in [0, 0.05) is 39.8 Å². The van der Waals surface area contributed by atoms with Crippen LogP contribution in [0, 0.1) is 11.3 Å². The van der Waals surface area contributed by atoms with E-state index >= 15 is 0 Å². The molecular formula is C23H17ClN4O4S. The lowest BCUT2D eigenvalue weighted by molar-refractivity contribution is 0.0974. The number of nitriles is 1. The third-order valence-corrected chi connectivity index (χ3v) is 5.82. The Balaban J connectivity index is 2.05. The zero-order valence-electron chi connectivity index (χ0n) is 17.3. The summed E-state index contributed by atoms with van der Waals surface area (Å²) in [5.41, 5.74) is 1.85. The number of aromatic amines is 1. The van der Waals surface area contributed by atoms with E-state index in [0.717, 1.165) is 11.8 Å². The minimum absolute atomic E-state index is 0.00116. The molecule has 4 rings (SSSR count). The molecule has 10 heteroatoms. The van der Waals surface area contributed by atoms with Gasteiger partial charge in [-0.1, -0.05) is 23.7 Å². The molecule has 0 aliphatic heterocycles. The summed E-state index contributed by atoms with van der Waals surface area (Å²) in [6.45, 7) is 0.182. The van der Waals surface area contributed by atoms with Gasteiger partial charge in [0.1, 0.15) is 5.69 Å². The maximum absolute atomic E-state index is 13.2. The molecule has 0 unspecified atom stereocenters. The van der Waals surface area contributed by atoms with E-state index in [9.17, 15) is 18.0 Å². The van der Waals surface area contributed by atoms with Gasteiger partial charge in [0.05, 0.1) is 17.9 Å². The van der Waals surface area contributed by atoms with Gasteiger partial charge in [-0.15, -0.1) is 0 Å². The molecule has 2 aromatic heterocycles. The Morgan fingerprint density at radius 1 is 1.18 bits per heavy atom. The minimum atomic E-state index is -3.89. The van der Waals surface area contributed by atoms with Gasteiger partial charge < -0.3 is 9.55 Å². The van der Waals surface area contributed by atoms with Crippen molar-refractivity contribution in [3.8, 4) is 17.2 Å². The van der Waals surface area contributed by atoms with Crippen molar-refractivity contribution in [2.45, 2.75) is 6.54 Å². The molecule has 0 saturated carbocycles. The molecule has 33 heavy (non-hydrogen) atoms. The second kappa shape index (κ2) is 8.58. The van der Waals surface area contributed by atoms with Crippen LogP contribution >= 0.6 is 11.6 Å². The molecule has 2 aromatic carbocycles. The molecule has 2 heterocycles. The van der Waals surface area contributed by atoms with Crippen molar-refractivity contribution in [2.75, 3.05) is 6.26 Å². The predicted molar refractivity (Wildman–Crippen MR) is 126 cm³/mol. The van der Waals surface area contributed by atoms with Gasteiger partial charge in [0.25, 0.3) is 11.5 Å². The van der Waals surface area contributed by atoms with Crippen LogP contribution in [-0.4, -0.2) is 30.1 Å². The largest absolute Gasteiger partial charge is 0.331 e. The Morgan fingerprint density at radius 2 is 1.91 bits per heavy atom. The third-order valence-electron chi connectivity index (χ3n) is 5.03. The Bertz CT molecular complexity index is 1600. The number of fused-ring (bicyclic) bond motifs is 1. The van der Waals surface area contributed by atoms with Crippen LogP contribution < -0.4 is 10.3 Å². The number of hydrogen-bond acceptors (Lipinski definition) is 5. The summed E-state index contributed by atoms with van der Waals surface area (Å²) in [4.78, 5) is 28.5. The van der Waals surface area contributed by atoms with Crippen LogP contribution in [0.4, 0.5) is 0 Å². The first-order chi connectivity index (χ1) is 15.7. The molecule has 2 N–H and O–H groups in total. The highest BCUT2D eigenvalue weighted by molar-refractivity contribution is 7.89. The first kappa shape index (κ1) is 22.3. The molecule has 0 bridgehead atoms. The summed E-state index contributed by atoms with van der Waals surface area (Å²) in [5, 5.41) is 9.97. The van der Waals surface area contributed by atoms with Gasteiger partial charge in [0.15, 0.2) is 0 Å². The average molecular weight is 481 g/mol. The van der Waals surface area contributed by atoms with Crippen molar-refractivity contribution in [3.05, 3.63) is 93.0 Å². The zero-order chi connectivity index (χ0) is 23.8. The van der Waals surface area contributed by atoms with Crippen molar-refractivity contribution in [1.82, 2.24) is 14.3 Å². The number of pyridine rings is 1. The predicted octanol–water partition coefficient (Wildman–Crippen LogP) is 3.26. The topological polar surface area (TPSA) is 125 Å². The smallest absolute Gasteiger partial charge is 0.282 e. The van der Waals surface area contributed by atoms with Gasteiger partial charge in [-0.2, -0.15) is 5.26 Å². The quantitative estimate of drug-likeness (QED) is 0.453. The van der Waals surface area contributed by atoms with E-state index in [-0.39, 0.29) is 23.4 Å². The number of halogens is 1. The summed E-state index contributed by atoms with van der Waals surface area (Å²) in [7, 11) is -3.89. The van der Waals surface area contributed by atoms with Gasteiger partial charge in [-0.25, -0.2) is 13.1 Å². The molecular weight excluding hydrogens is 464 g/mol. The molecule has 0 radical (unpaired) electrons. The fraction of sp³-hybridized carbons (Fsp3) is 0.0870. The number of rotatable bonds is 5. The lowest BCUT2D eigenvalue weighted by Crippen LogP contribution is -2.31. The van der Waals surface area contributed by atoms with E-state index in [1.54, 1.807) is 59.2 Å². The van der Waals surface area contributed by atoms with Gasteiger partial charge in [-0.05, 0) is 48.0 Å². The van der Waals surface area contributed by atoms with E-state index in [1.165, 1.54) is 6.20 Å². The van der Waals surface area contributed by atoms with Crippen LogP contribution in [0.5, 0.6) is 0 Å². The molecule has 1 amide bonds. The minimum Gasteiger partial charge on any atom is -0.331 e. The number of nitrogens with zero attached hydrogens (tertiary/aromatic N) is 2. The number of benzene rings is 2. The van der Waals surface area contributed by atoms with Gasteiger partial charge in [0.2, 0.25) is 10.0 Å². The van der Waals surface area contributed by atoms with E-state index in [4.69, 9.17) is 16.9 Å². The van der Waals surface area contributed by atoms with Crippen LogP contribution in [0.3, 0.4) is 0 Å². The fourth-order valence-electron chi connectivity index (χ4n) is 3.70. The number of carbonyl (C=O) groups excluding carboxylic acids is 1. The molecule has 0 atom stereocenters. The summed E-state index contributed by atoms with van der Waals surface area (Å²) >= 11 is 6.24. The zero-order valence-corrected chi connectivity index (χ0v) is 18.9. The van der Waals surface area contributed by atoms with Crippen molar-refractivity contribution in [2.24, 2.45) is 0 Å². The van der Waals surface area contributed by atoms with Crippen molar-refractivity contribution in [1.29, 1.82) is 5.26 Å². The second-order valence-electron chi connectivity index (χ2n) is 7.40. The monoisotopic (exact) mass is 480 g/mol. The highest BCUT2D eigenvalue weighted by Crippen LogP contribution is 2.36. The molecule has 8 nitrogen and oxygen atoms in total. The number of aromatic nitrogens is 2. The maximum Gasteiger partial charge on any atom is 0.282 e. The van der Waals surface area contributed by atoms with E-state index < -0.39 is 21.5 Å². The molecule has 0 spiro atoms. The maximum atomic E-state index is 13.2. The number of nitrogens with one attached hydrogen (secondary N) is 2. The molecule has 0 fully saturated rings. The van der Waals surface area contributed by atoms with Gasteiger partial charge in [-0.3, -0.25) is 9.59 Å². The SMILES string of the molecule is CS(=O)(=O)NC(=O)c1c(-c2ccc[nH]c2=O)c2cc(Cl)ccc2n1Cc1ccc(C#N)cc1. The van der Waals surface area contributed by atoms with Crippen molar-refractivity contribution in [3.63, 3.8) is 0 Å². The van der Waals surface area contributed by atoms with Crippen LogP contribution in [-0.2, 0) is 16.6 Å².